The van der Waals surface area contributed by atoms with Crippen molar-refractivity contribution < 1.29 is 14.3 Å². The Bertz CT molecular complexity index is 676. The van der Waals surface area contributed by atoms with Crippen molar-refractivity contribution in [2.24, 2.45) is 4.99 Å². The van der Waals surface area contributed by atoms with Crippen LogP contribution in [0.25, 0.3) is 0 Å². The van der Waals surface area contributed by atoms with E-state index in [1.807, 2.05) is 19.1 Å². The second-order valence-corrected chi connectivity index (χ2v) is 7.85. The molecule has 154 valence electrons. The lowest BCUT2D eigenvalue weighted by atomic mass is 10.2. The molecule has 7 heteroatoms. The number of nitrogens with zero attached hydrogens (tertiary/aromatic N) is 2. The maximum atomic E-state index is 12.8. The highest BCUT2D eigenvalue weighted by Crippen LogP contribution is 2.30. The van der Waals surface area contributed by atoms with Gasteiger partial charge in [-0.25, -0.2) is 0 Å². The lowest BCUT2D eigenvalue weighted by Gasteiger charge is -2.16. The van der Waals surface area contributed by atoms with E-state index in [1.54, 1.807) is 17.0 Å². The molecule has 0 radical (unpaired) electrons. The SMILES string of the molecule is CCCCN=C1S[C@@H](CC(=O)Nc2ccc(OCC)cc2)C(=O)N1CCCC. The summed E-state index contributed by atoms with van der Waals surface area (Å²) in [6, 6.07) is 7.24. The van der Waals surface area contributed by atoms with Crippen molar-refractivity contribution >= 4 is 34.4 Å². The molecule has 1 aliphatic rings. The van der Waals surface area contributed by atoms with Gasteiger partial charge < -0.3 is 10.1 Å². The normalized spacial score (nSPS) is 18.0. The zero-order valence-electron chi connectivity index (χ0n) is 17.1. The first-order valence-corrected chi connectivity index (χ1v) is 11.0. The Hall–Kier alpha value is -2.02. The monoisotopic (exact) mass is 405 g/mol. The maximum absolute atomic E-state index is 12.8. The fourth-order valence-electron chi connectivity index (χ4n) is 2.80. The number of anilines is 1. The first-order valence-electron chi connectivity index (χ1n) is 10.1. The standard InChI is InChI=1S/C21H31N3O3S/c1-4-7-13-22-21-24(14-8-5-2)20(26)18(28-21)15-19(25)23-16-9-11-17(12-10-16)27-6-3/h9-12,18H,4-8,13-15H2,1-3H3,(H,23,25)/t18-/m0/s1. The predicted octanol–water partition coefficient (Wildman–Crippen LogP) is 4.31. The number of aliphatic imine (C=N–C) groups is 1. The molecule has 1 N–H and O–H groups in total. The van der Waals surface area contributed by atoms with Gasteiger partial charge in [-0.2, -0.15) is 0 Å². The highest BCUT2D eigenvalue weighted by molar-refractivity contribution is 8.15. The minimum Gasteiger partial charge on any atom is -0.494 e. The van der Waals surface area contributed by atoms with Gasteiger partial charge in [-0.15, -0.1) is 0 Å². The number of hydrogen-bond acceptors (Lipinski definition) is 5. The van der Waals surface area contributed by atoms with E-state index in [2.05, 4.69) is 24.2 Å². The van der Waals surface area contributed by atoms with Crippen molar-refractivity contribution in [3.05, 3.63) is 24.3 Å². The Kier molecular flexibility index (Phi) is 9.34. The number of amides is 2. The van der Waals surface area contributed by atoms with Gasteiger partial charge in [0.25, 0.3) is 0 Å². The summed E-state index contributed by atoms with van der Waals surface area (Å²) in [6.07, 6.45) is 4.16. The van der Waals surface area contributed by atoms with Crippen molar-refractivity contribution in [2.45, 2.75) is 58.1 Å². The third-order valence-electron chi connectivity index (χ3n) is 4.33. The molecule has 0 aliphatic carbocycles. The first kappa shape index (κ1) is 22.3. The van der Waals surface area contributed by atoms with E-state index in [-0.39, 0.29) is 18.2 Å². The van der Waals surface area contributed by atoms with E-state index in [9.17, 15) is 9.59 Å². The lowest BCUT2D eigenvalue weighted by Crippen LogP contribution is -2.34. The van der Waals surface area contributed by atoms with Crippen LogP contribution < -0.4 is 10.1 Å². The molecule has 0 saturated carbocycles. The van der Waals surface area contributed by atoms with Crippen LogP contribution >= 0.6 is 11.8 Å². The van der Waals surface area contributed by atoms with E-state index in [0.717, 1.165) is 43.1 Å². The van der Waals surface area contributed by atoms with Gasteiger partial charge in [-0.05, 0) is 44.0 Å². The number of hydrogen-bond donors (Lipinski definition) is 1. The fourth-order valence-corrected chi connectivity index (χ4v) is 3.99. The van der Waals surface area contributed by atoms with Crippen LogP contribution in [0.2, 0.25) is 0 Å². The Labute approximate surface area is 172 Å². The maximum Gasteiger partial charge on any atom is 0.242 e. The van der Waals surface area contributed by atoms with Crippen LogP contribution in [0.1, 0.15) is 52.9 Å². The van der Waals surface area contributed by atoms with Crippen LogP contribution in [-0.4, -0.2) is 46.8 Å². The lowest BCUT2D eigenvalue weighted by molar-refractivity contribution is -0.128. The Morgan fingerprint density at radius 2 is 1.89 bits per heavy atom. The van der Waals surface area contributed by atoms with Crippen molar-refractivity contribution in [1.29, 1.82) is 0 Å². The molecule has 1 heterocycles. The van der Waals surface area contributed by atoms with Crippen molar-refractivity contribution in [1.82, 2.24) is 4.90 Å². The van der Waals surface area contributed by atoms with Crippen LogP contribution in [0.4, 0.5) is 5.69 Å². The van der Waals surface area contributed by atoms with Crippen LogP contribution in [-0.2, 0) is 9.59 Å². The summed E-state index contributed by atoms with van der Waals surface area (Å²) in [7, 11) is 0. The molecule has 0 spiro atoms. The van der Waals surface area contributed by atoms with Crippen molar-refractivity contribution in [3.63, 3.8) is 0 Å². The molecule has 1 saturated heterocycles. The topological polar surface area (TPSA) is 71.0 Å². The van der Waals surface area contributed by atoms with Gasteiger partial charge in [-0.3, -0.25) is 19.5 Å². The summed E-state index contributed by atoms with van der Waals surface area (Å²) in [5, 5.41) is 3.23. The summed E-state index contributed by atoms with van der Waals surface area (Å²) in [5.74, 6) is 0.595. The highest BCUT2D eigenvalue weighted by Gasteiger charge is 2.38. The van der Waals surface area contributed by atoms with E-state index in [0.29, 0.717) is 18.8 Å². The molecule has 0 unspecified atom stereocenters. The average Bonchev–Trinajstić information content (AvgIpc) is 2.97. The number of rotatable bonds is 11. The molecule has 0 bridgehead atoms. The van der Waals surface area contributed by atoms with E-state index < -0.39 is 5.25 Å². The molecule has 1 fully saturated rings. The predicted molar refractivity (Wildman–Crippen MR) is 116 cm³/mol. The Morgan fingerprint density at radius 1 is 1.18 bits per heavy atom. The largest absolute Gasteiger partial charge is 0.494 e. The second kappa shape index (κ2) is 11.7. The second-order valence-electron chi connectivity index (χ2n) is 6.68. The summed E-state index contributed by atoms with van der Waals surface area (Å²) < 4.78 is 5.40. The van der Waals surface area contributed by atoms with Crippen LogP contribution in [0.5, 0.6) is 5.75 Å². The van der Waals surface area contributed by atoms with E-state index >= 15 is 0 Å². The molecule has 2 rings (SSSR count). The van der Waals surface area contributed by atoms with Crippen molar-refractivity contribution in [2.75, 3.05) is 25.0 Å². The van der Waals surface area contributed by atoms with Crippen LogP contribution in [0.3, 0.4) is 0 Å². The molecule has 1 aromatic carbocycles. The molecule has 1 aliphatic heterocycles. The summed E-state index contributed by atoms with van der Waals surface area (Å²) in [6.45, 7) is 8.14. The molecular weight excluding hydrogens is 374 g/mol. The van der Waals surface area contributed by atoms with Gasteiger partial charge in [-0.1, -0.05) is 38.5 Å². The van der Waals surface area contributed by atoms with Crippen LogP contribution in [0.15, 0.2) is 29.3 Å². The van der Waals surface area contributed by atoms with E-state index in [1.165, 1.54) is 11.8 Å². The zero-order valence-corrected chi connectivity index (χ0v) is 17.9. The third kappa shape index (κ3) is 6.55. The van der Waals surface area contributed by atoms with Crippen LogP contribution in [0, 0.1) is 0 Å². The first-order chi connectivity index (χ1) is 13.6. The molecule has 28 heavy (non-hydrogen) atoms. The van der Waals surface area contributed by atoms with Gasteiger partial charge in [0, 0.05) is 25.2 Å². The highest BCUT2D eigenvalue weighted by atomic mass is 32.2. The zero-order chi connectivity index (χ0) is 20.4. The molecule has 0 aromatic heterocycles. The number of benzene rings is 1. The molecule has 1 aromatic rings. The number of amidine groups is 1. The average molecular weight is 406 g/mol. The minimum absolute atomic E-state index is 0.00413. The number of ether oxygens (including phenoxy) is 1. The number of nitrogens with one attached hydrogen (secondary N) is 1. The quantitative estimate of drug-likeness (QED) is 0.557. The molecule has 2 amide bonds. The smallest absolute Gasteiger partial charge is 0.242 e. The van der Waals surface area contributed by atoms with Gasteiger partial charge >= 0.3 is 0 Å². The molecular formula is C21H31N3O3S. The van der Waals surface area contributed by atoms with Crippen molar-refractivity contribution in [3.8, 4) is 5.75 Å². The van der Waals surface area contributed by atoms with E-state index in [4.69, 9.17) is 4.74 Å². The summed E-state index contributed by atoms with van der Waals surface area (Å²) in [4.78, 5) is 31.6. The summed E-state index contributed by atoms with van der Waals surface area (Å²) in [5.41, 5.74) is 0.698. The number of thioether (sulfide) groups is 1. The number of carbonyl (C=O) groups is 2. The Morgan fingerprint density at radius 3 is 2.54 bits per heavy atom. The fraction of sp³-hybridized carbons (Fsp3) is 0.571. The van der Waals surface area contributed by atoms with Gasteiger partial charge in [0.15, 0.2) is 5.17 Å². The van der Waals surface area contributed by atoms with Gasteiger partial charge in [0.2, 0.25) is 11.8 Å². The molecule has 1 atom stereocenters. The number of unbranched alkanes of at least 4 members (excludes halogenated alkanes) is 2. The third-order valence-corrected chi connectivity index (χ3v) is 5.55. The minimum atomic E-state index is -0.403. The molecule has 6 nitrogen and oxygen atoms in total. The van der Waals surface area contributed by atoms with Gasteiger partial charge in [0.1, 0.15) is 11.0 Å². The van der Waals surface area contributed by atoms with Gasteiger partial charge in [0.05, 0.1) is 6.61 Å². The Balaban J connectivity index is 1.96. The number of carbonyl (C=O) groups excluding carboxylic acids is 2. The summed E-state index contributed by atoms with van der Waals surface area (Å²) >= 11 is 1.42.